The van der Waals surface area contributed by atoms with Crippen LogP contribution in [0.25, 0.3) is 0 Å². The van der Waals surface area contributed by atoms with E-state index in [2.05, 4.69) is 36.8 Å². The van der Waals surface area contributed by atoms with Crippen molar-refractivity contribution >= 4 is 61.4 Å². The average Bonchev–Trinajstić information content (AvgIpc) is 3.32. The zero-order valence-electron chi connectivity index (χ0n) is 23.3. The van der Waals surface area contributed by atoms with E-state index >= 15 is 0 Å². The summed E-state index contributed by atoms with van der Waals surface area (Å²) in [4.78, 5) is 15.0. The number of anilines is 2. The number of aromatic nitrogens is 2. The first-order chi connectivity index (χ1) is 17.3. The van der Waals surface area contributed by atoms with Crippen LogP contribution in [0.15, 0.2) is 12.3 Å². The Kier molecular flexibility index (Phi) is 15.2. The van der Waals surface area contributed by atoms with Gasteiger partial charge in [0.15, 0.2) is 0 Å². The molecule has 4 saturated heterocycles. The largest absolute Gasteiger partial charge is 0.356 e. The molecule has 5 heterocycles. The Morgan fingerprint density at radius 1 is 0.795 bits per heavy atom. The van der Waals surface area contributed by atoms with Crippen LogP contribution in [0.3, 0.4) is 0 Å². The van der Waals surface area contributed by atoms with Gasteiger partial charge in [-0.3, -0.25) is 4.90 Å². The van der Waals surface area contributed by atoms with Crippen LogP contribution < -0.4 is 20.9 Å². The SMILES string of the molecule is Cl.Cl.Cl.Cl.c1cc(N2CCCCCC2)nc(N[C@H]2CCN(C3CCCCC3)[C@@H]2CNC2CC3CCC(C2)N3)n1. The van der Waals surface area contributed by atoms with Gasteiger partial charge in [0.2, 0.25) is 5.95 Å². The third-order valence-electron chi connectivity index (χ3n) is 9.61. The second-order valence-electron chi connectivity index (χ2n) is 12.0. The molecule has 1 saturated carbocycles. The van der Waals surface area contributed by atoms with E-state index in [0.717, 1.165) is 49.5 Å². The number of halogens is 4. The summed E-state index contributed by atoms with van der Waals surface area (Å²) in [7, 11) is 0. The molecule has 2 bridgehead atoms. The molecule has 4 atom stereocenters. The zero-order chi connectivity index (χ0) is 23.5. The predicted molar refractivity (Wildman–Crippen MR) is 172 cm³/mol. The number of piperidine rings is 1. The Balaban J connectivity index is 0.00000133. The summed E-state index contributed by atoms with van der Waals surface area (Å²) < 4.78 is 0. The lowest BCUT2D eigenvalue weighted by atomic mass is 9.93. The number of nitrogens with one attached hydrogen (secondary N) is 3. The summed E-state index contributed by atoms with van der Waals surface area (Å²) in [5.74, 6) is 1.93. The molecule has 0 aromatic carbocycles. The fraction of sp³-hybridized carbons (Fsp3) is 0.857. The van der Waals surface area contributed by atoms with Gasteiger partial charge in [0.05, 0.1) is 0 Å². The smallest absolute Gasteiger partial charge is 0.224 e. The molecule has 2 unspecified atom stereocenters. The highest BCUT2D eigenvalue weighted by molar-refractivity contribution is 5.86. The van der Waals surface area contributed by atoms with Crippen molar-refractivity contribution in [2.24, 2.45) is 0 Å². The van der Waals surface area contributed by atoms with Gasteiger partial charge in [-0.05, 0) is 63.9 Å². The van der Waals surface area contributed by atoms with E-state index in [1.54, 1.807) is 0 Å². The fourth-order valence-electron chi connectivity index (χ4n) is 7.74. The molecule has 5 aliphatic rings. The first-order valence-corrected chi connectivity index (χ1v) is 14.9. The van der Waals surface area contributed by atoms with E-state index < -0.39 is 0 Å². The Morgan fingerprint density at radius 3 is 2.15 bits per heavy atom. The maximum Gasteiger partial charge on any atom is 0.224 e. The minimum absolute atomic E-state index is 0. The summed E-state index contributed by atoms with van der Waals surface area (Å²) in [6, 6.07) is 5.96. The highest BCUT2D eigenvalue weighted by Crippen LogP contribution is 2.32. The highest BCUT2D eigenvalue weighted by atomic mass is 35.5. The Morgan fingerprint density at radius 2 is 1.46 bits per heavy atom. The number of nitrogens with zero attached hydrogens (tertiary/aromatic N) is 4. The van der Waals surface area contributed by atoms with Gasteiger partial charge in [0.25, 0.3) is 0 Å². The van der Waals surface area contributed by atoms with Crippen molar-refractivity contribution in [3.63, 3.8) is 0 Å². The van der Waals surface area contributed by atoms with Gasteiger partial charge in [0, 0.05) is 68.6 Å². The average molecular weight is 628 g/mol. The maximum absolute atomic E-state index is 5.01. The van der Waals surface area contributed by atoms with Crippen LogP contribution in [0.1, 0.15) is 89.9 Å². The molecule has 6 rings (SSSR count). The lowest BCUT2D eigenvalue weighted by Crippen LogP contribution is -2.54. The van der Waals surface area contributed by atoms with Gasteiger partial charge in [-0.2, -0.15) is 4.98 Å². The second-order valence-corrected chi connectivity index (χ2v) is 12.0. The van der Waals surface area contributed by atoms with E-state index in [0.29, 0.717) is 18.1 Å². The molecule has 226 valence electrons. The molecule has 0 radical (unpaired) electrons. The first-order valence-electron chi connectivity index (χ1n) is 14.9. The normalized spacial score (nSPS) is 31.2. The third kappa shape index (κ3) is 8.86. The Hall–Kier alpha value is -0.280. The van der Waals surface area contributed by atoms with Crippen molar-refractivity contribution in [2.45, 2.75) is 126 Å². The molecule has 39 heavy (non-hydrogen) atoms. The second kappa shape index (κ2) is 17.0. The van der Waals surface area contributed by atoms with Crippen molar-refractivity contribution in [1.29, 1.82) is 0 Å². The van der Waals surface area contributed by atoms with Crippen LogP contribution in [0.4, 0.5) is 11.8 Å². The van der Waals surface area contributed by atoms with Gasteiger partial charge >= 0.3 is 0 Å². The van der Waals surface area contributed by atoms with E-state index in [4.69, 9.17) is 4.98 Å². The summed E-state index contributed by atoms with van der Waals surface area (Å²) in [6.07, 6.45) is 20.7. The number of fused-ring (bicyclic) bond motifs is 2. The number of hydrogen-bond acceptors (Lipinski definition) is 7. The van der Waals surface area contributed by atoms with Gasteiger partial charge in [0.1, 0.15) is 5.82 Å². The van der Waals surface area contributed by atoms with Gasteiger partial charge in [-0.15, -0.1) is 49.6 Å². The molecule has 4 aliphatic heterocycles. The molecule has 11 heteroatoms. The Bertz CT molecular complexity index is 811. The molecule has 3 N–H and O–H groups in total. The number of likely N-dealkylation sites (tertiary alicyclic amines) is 1. The summed E-state index contributed by atoms with van der Waals surface area (Å²) in [6.45, 7) is 4.54. The van der Waals surface area contributed by atoms with E-state index in [9.17, 15) is 0 Å². The first kappa shape index (κ1) is 34.9. The molecular formula is C28H51Cl4N7. The lowest BCUT2D eigenvalue weighted by molar-refractivity contribution is 0.133. The number of rotatable bonds is 7. The van der Waals surface area contributed by atoms with E-state index in [1.165, 1.54) is 96.4 Å². The molecule has 5 fully saturated rings. The van der Waals surface area contributed by atoms with Crippen molar-refractivity contribution in [3.8, 4) is 0 Å². The van der Waals surface area contributed by atoms with E-state index in [1.807, 2.05) is 6.20 Å². The summed E-state index contributed by atoms with van der Waals surface area (Å²) in [5.41, 5.74) is 0. The minimum atomic E-state index is 0. The standard InChI is InChI=1S/C28H47N7.4ClH/c1-2-7-16-34(15-6-1)27-12-14-29-28(33-27)32-25-13-17-35(24-8-4-3-5-9-24)26(25)20-30-23-18-21-10-11-22(19-23)31-21;;;;/h12,14,21-26,30-31H,1-11,13,15-20H2,(H,29,32,33);4*1H/t21?,22?,23?,25-,26+;;;;/m0..../s1. The van der Waals surface area contributed by atoms with Crippen LogP contribution in [0.2, 0.25) is 0 Å². The zero-order valence-corrected chi connectivity index (χ0v) is 26.5. The van der Waals surface area contributed by atoms with Crippen molar-refractivity contribution in [2.75, 3.05) is 36.4 Å². The van der Waals surface area contributed by atoms with Crippen LogP contribution in [-0.4, -0.2) is 77.3 Å². The summed E-state index contributed by atoms with van der Waals surface area (Å²) in [5, 5.41) is 11.7. The maximum atomic E-state index is 5.01. The van der Waals surface area contributed by atoms with E-state index in [-0.39, 0.29) is 49.6 Å². The molecule has 1 aliphatic carbocycles. The van der Waals surface area contributed by atoms with Crippen LogP contribution >= 0.6 is 49.6 Å². The molecule has 0 spiro atoms. The van der Waals surface area contributed by atoms with Gasteiger partial charge in [-0.25, -0.2) is 4.98 Å². The third-order valence-corrected chi connectivity index (χ3v) is 9.61. The van der Waals surface area contributed by atoms with Gasteiger partial charge in [-0.1, -0.05) is 32.1 Å². The summed E-state index contributed by atoms with van der Waals surface area (Å²) >= 11 is 0. The van der Waals surface area contributed by atoms with Crippen molar-refractivity contribution in [1.82, 2.24) is 25.5 Å². The quantitative estimate of drug-likeness (QED) is 0.364. The number of hydrogen-bond donors (Lipinski definition) is 3. The van der Waals surface area contributed by atoms with Crippen LogP contribution in [0.5, 0.6) is 0 Å². The monoisotopic (exact) mass is 625 g/mol. The van der Waals surface area contributed by atoms with Crippen LogP contribution in [0, 0.1) is 0 Å². The molecular weight excluding hydrogens is 576 g/mol. The van der Waals surface area contributed by atoms with Crippen molar-refractivity contribution in [3.05, 3.63) is 12.3 Å². The highest BCUT2D eigenvalue weighted by Gasteiger charge is 2.40. The van der Waals surface area contributed by atoms with Crippen LogP contribution in [-0.2, 0) is 0 Å². The predicted octanol–water partition coefficient (Wildman–Crippen LogP) is 5.60. The fourth-order valence-corrected chi connectivity index (χ4v) is 7.74. The molecule has 0 amide bonds. The molecule has 7 nitrogen and oxygen atoms in total. The molecule has 1 aromatic rings. The topological polar surface area (TPSA) is 68.4 Å². The minimum Gasteiger partial charge on any atom is -0.356 e. The Labute approximate surface area is 260 Å². The van der Waals surface area contributed by atoms with Gasteiger partial charge < -0.3 is 20.9 Å². The lowest BCUT2D eigenvalue weighted by Gasteiger charge is -2.38. The van der Waals surface area contributed by atoms with Crippen molar-refractivity contribution < 1.29 is 0 Å². The molecule has 1 aromatic heterocycles.